The van der Waals surface area contributed by atoms with E-state index in [1.807, 2.05) is 36.4 Å². The fourth-order valence-corrected chi connectivity index (χ4v) is 7.78. The topological polar surface area (TPSA) is 91.0 Å². The predicted molar refractivity (Wildman–Crippen MR) is 152 cm³/mol. The Morgan fingerprint density at radius 3 is 2.51 bits per heavy atom. The molecule has 1 aromatic rings. The van der Waals surface area contributed by atoms with Crippen molar-refractivity contribution in [2.75, 3.05) is 25.0 Å². The molecule has 9 heteroatoms. The monoisotopic (exact) mass is 598 g/mol. The van der Waals surface area contributed by atoms with E-state index in [9.17, 15) is 14.4 Å². The van der Waals surface area contributed by atoms with Crippen molar-refractivity contribution in [2.24, 2.45) is 11.8 Å². The van der Waals surface area contributed by atoms with Crippen LogP contribution in [0.25, 0.3) is 0 Å². The van der Waals surface area contributed by atoms with Gasteiger partial charge in [-0.05, 0) is 63.4 Å². The second-order valence-corrected chi connectivity index (χ2v) is 12.9. The summed E-state index contributed by atoms with van der Waals surface area (Å²) in [7, 11) is 0. The summed E-state index contributed by atoms with van der Waals surface area (Å²) in [5.41, 5.74) is -0.451. The first-order valence-corrected chi connectivity index (χ1v) is 15.5. The highest BCUT2D eigenvalue weighted by molar-refractivity contribution is 9.10. The molecule has 0 aromatic heterocycles. The standard InChI is InChI=1S/C30H39BrN4O4/c1-19-7-5-6-16-34(19)17-18-35-26(28(37)33-21-8-3-2-4-9-21)30-15-14-23(39-30)24(25(30)29(35)38)27(36)32-22-12-10-20(31)11-13-22/h10-15,19,21,23-26H,2-9,16-18H2,1H3,(H,32,36)(H,33,37)/t19-,23+,24+,25+,26-,30+/m1/s1. The van der Waals surface area contributed by atoms with Crippen LogP contribution in [0.2, 0.25) is 0 Å². The number of nitrogens with zero attached hydrogens (tertiary/aromatic N) is 2. The molecule has 2 bridgehead atoms. The minimum absolute atomic E-state index is 0.125. The zero-order chi connectivity index (χ0) is 27.1. The van der Waals surface area contributed by atoms with E-state index in [0.717, 1.165) is 49.5 Å². The Morgan fingerprint density at radius 2 is 1.77 bits per heavy atom. The molecule has 1 spiro atoms. The van der Waals surface area contributed by atoms with E-state index < -0.39 is 29.6 Å². The van der Waals surface area contributed by atoms with E-state index in [1.54, 1.807) is 4.90 Å². The molecule has 210 valence electrons. The van der Waals surface area contributed by atoms with Crippen molar-refractivity contribution in [3.05, 3.63) is 40.9 Å². The van der Waals surface area contributed by atoms with Crippen LogP contribution >= 0.6 is 15.9 Å². The number of anilines is 1. The second-order valence-electron chi connectivity index (χ2n) is 12.0. The van der Waals surface area contributed by atoms with Gasteiger partial charge in [0, 0.05) is 35.3 Å². The van der Waals surface area contributed by atoms with E-state index in [-0.39, 0.29) is 23.8 Å². The minimum atomic E-state index is -1.12. The number of halogens is 1. The first-order chi connectivity index (χ1) is 18.9. The van der Waals surface area contributed by atoms with E-state index in [4.69, 9.17) is 4.74 Å². The Labute approximate surface area is 239 Å². The second kappa shape index (κ2) is 11.0. The molecule has 1 aliphatic carbocycles. The summed E-state index contributed by atoms with van der Waals surface area (Å²) in [4.78, 5) is 45.9. The first-order valence-electron chi connectivity index (χ1n) is 14.7. The van der Waals surface area contributed by atoms with Crippen LogP contribution in [-0.2, 0) is 19.1 Å². The molecule has 2 N–H and O–H groups in total. The summed E-state index contributed by atoms with van der Waals surface area (Å²) in [5.74, 6) is -1.95. The molecule has 5 aliphatic rings. The van der Waals surface area contributed by atoms with Gasteiger partial charge in [0.1, 0.15) is 11.6 Å². The van der Waals surface area contributed by atoms with Crippen LogP contribution in [-0.4, -0.2) is 77.0 Å². The van der Waals surface area contributed by atoms with Gasteiger partial charge in [-0.3, -0.25) is 19.3 Å². The van der Waals surface area contributed by atoms with Gasteiger partial charge < -0.3 is 20.3 Å². The van der Waals surface area contributed by atoms with E-state index in [2.05, 4.69) is 38.4 Å². The molecular weight excluding hydrogens is 560 g/mol. The van der Waals surface area contributed by atoms with Crippen molar-refractivity contribution in [3.8, 4) is 0 Å². The zero-order valence-corrected chi connectivity index (χ0v) is 24.2. The average Bonchev–Trinajstić information content (AvgIpc) is 3.57. The smallest absolute Gasteiger partial charge is 0.246 e. The van der Waals surface area contributed by atoms with Crippen molar-refractivity contribution in [3.63, 3.8) is 0 Å². The van der Waals surface area contributed by atoms with Gasteiger partial charge in [0.2, 0.25) is 17.7 Å². The summed E-state index contributed by atoms with van der Waals surface area (Å²) in [6.07, 6.45) is 12.1. The lowest BCUT2D eigenvalue weighted by Crippen LogP contribution is -2.57. The number of amides is 3. The lowest BCUT2D eigenvalue weighted by atomic mass is 9.74. The number of likely N-dealkylation sites (tertiary alicyclic amines) is 2. The van der Waals surface area contributed by atoms with Gasteiger partial charge in [-0.25, -0.2) is 0 Å². The molecular formula is C30H39BrN4O4. The van der Waals surface area contributed by atoms with Crippen LogP contribution in [0.15, 0.2) is 40.9 Å². The third-order valence-electron chi connectivity index (χ3n) is 9.56. The minimum Gasteiger partial charge on any atom is -0.359 e. The lowest BCUT2D eigenvalue weighted by molar-refractivity contribution is -0.141. The number of nitrogens with one attached hydrogen (secondary N) is 2. The van der Waals surface area contributed by atoms with Crippen LogP contribution in [0.3, 0.4) is 0 Å². The summed E-state index contributed by atoms with van der Waals surface area (Å²) in [6, 6.07) is 7.19. The van der Waals surface area contributed by atoms with Gasteiger partial charge >= 0.3 is 0 Å². The van der Waals surface area contributed by atoms with Gasteiger partial charge in [-0.2, -0.15) is 0 Å². The Hall–Kier alpha value is -2.23. The maximum absolute atomic E-state index is 14.2. The van der Waals surface area contributed by atoms with Crippen molar-refractivity contribution >= 4 is 39.3 Å². The van der Waals surface area contributed by atoms with Gasteiger partial charge in [0.05, 0.1) is 17.9 Å². The number of carbonyl (C=O) groups excluding carboxylic acids is 3. The molecule has 6 rings (SSSR count). The normalized spacial score (nSPS) is 34.4. The summed E-state index contributed by atoms with van der Waals surface area (Å²) in [5, 5.41) is 6.26. The maximum Gasteiger partial charge on any atom is 0.246 e. The highest BCUT2D eigenvalue weighted by Gasteiger charge is 2.72. The summed E-state index contributed by atoms with van der Waals surface area (Å²) >= 11 is 3.42. The maximum atomic E-state index is 14.2. The van der Waals surface area contributed by atoms with Crippen molar-refractivity contribution in [1.82, 2.24) is 15.1 Å². The highest BCUT2D eigenvalue weighted by atomic mass is 79.9. The van der Waals surface area contributed by atoms with Gasteiger partial charge in [0.25, 0.3) is 0 Å². The molecule has 8 nitrogen and oxygen atoms in total. The number of ether oxygens (including phenoxy) is 1. The first kappa shape index (κ1) is 27.0. The number of hydrogen-bond donors (Lipinski definition) is 2. The van der Waals surface area contributed by atoms with Crippen molar-refractivity contribution in [2.45, 2.75) is 88.1 Å². The Kier molecular flexibility index (Phi) is 7.59. The van der Waals surface area contributed by atoms with Gasteiger partial charge in [-0.1, -0.05) is 53.8 Å². The number of hydrogen-bond acceptors (Lipinski definition) is 5. The molecule has 0 unspecified atom stereocenters. The highest BCUT2D eigenvalue weighted by Crippen LogP contribution is 2.55. The van der Waals surface area contributed by atoms with Crippen molar-refractivity contribution in [1.29, 1.82) is 0 Å². The molecule has 4 aliphatic heterocycles. The van der Waals surface area contributed by atoms with Crippen LogP contribution in [0, 0.1) is 11.8 Å². The molecule has 6 atom stereocenters. The van der Waals surface area contributed by atoms with E-state index in [1.165, 1.54) is 12.8 Å². The Morgan fingerprint density at radius 1 is 1.03 bits per heavy atom. The number of carbonyl (C=O) groups is 3. The van der Waals surface area contributed by atoms with Crippen LogP contribution in [0.5, 0.6) is 0 Å². The Balaban J connectivity index is 1.27. The molecule has 39 heavy (non-hydrogen) atoms. The molecule has 0 radical (unpaired) electrons. The number of rotatable bonds is 7. The molecule has 3 amide bonds. The molecule has 3 saturated heterocycles. The van der Waals surface area contributed by atoms with Crippen molar-refractivity contribution < 1.29 is 19.1 Å². The quantitative estimate of drug-likeness (QED) is 0.465. The number of fused-ring (bicyclic) bond motifs is 1. The molecule has 4 heterocycles. The number of benzene rings is 1. The predicted octanol–water partition coefficient (Wildman–Crippen LogP) is 3.86. The molecule has 1 saturated carbocycles. The van der Waals surface area contributed by atoms with Gasteiger partial charge in [0.15, 0.2) is 0 Å². The zero-order valence-electron chi connectivity index (χ0n) is 22.6. The summed E-state index contributed by atoms with van der Waals surface area (Å²) in [6.45, 7) is 4.41. The largest absolute Gasteiger partial charge is 0.359 e. The average molecular weight is 600 g/mol. The third-order valence-corrected chi connectivity index (χ3v) is 10.1. The molecule has 1 aromatic carbocycles. The van der Waals surface area contributed by atoms with Gasteiger partial charge in [-0.15, -0.1) is 0 Å². The fourth-order valence-electron chi connectivity index (χ4n) is 7.52. The molecule has 4 fully saturated rings. The lowest BCUT2D eigenvalue weighted by Gasteiger charge is -2.37. The van der Waals surface area contributed by atoms with Crippen LogP contribution in [0.4, 0.5) is 5.69 Å². The third kappa shape index (κ3) is 4.95. The number of piperidine rings is 1. The summed E-state index contributed by atoms with van der Waals surface area (Å²) < 4.78 is 7.41. The van der Waals surface area contributed by atoms with Crippen LogP contribution < -0.4 is 10.6 Å². The van der Waals surface area contributed by atoms with E-state index in [0.29, 0.717) is 24.8 Å². The Bertz CT molecular complexity index is 1140. The van der Waals surface area contributed by atoms with E-state index >= 15 is 0 Å². The fraction of sp³-hybridized carbons (Fsp3) is 0.633. The SMILES string of the molecule is C[C@@H]1CCCCN1CCN1C(=O)[C@@H]2[C@@H](C(=O)Nc3ccc(Br)cc3)[C@@H]3C=C[C@@]2(O3)[C@H]1C(=O)NC1CCCCC1. The van der Waals surface area contributed by atoms with Crippen LogP contribution in [0.1, 0.15) is 58.3 Å².